The maximum absolute atomic E-state index is 6.43. The molecule has 0 saturated heterocycles. The van der Waals surface area contributed by atoms with Gasteiger partial charge in [0.1, 0.15) is 5.75 Å². The predicted molar refractivity (Wildman–Crippen MR) is 338 cm³/mol. The first-order valence-corrected chi connectivity index (χ1v) is 29.0. The van der Waals surface area contributed by atoms with Crippen molar-refractivity contribution in [2.45, 2.75) is 62.3 Å². The van der Waals surface area contributed by atoms with Gasteiger partial charge in [0.15, 0.2) is 0 Å². The average molecular weight is 1050 g/mol. The second-order valence-corrected chi connectivity index (χ2v) is 23.9. The number of H-pyrrole nitrogens is 2. The number of rotatable bonds is 11. The first-order valence-electron chi connectivity index (χ1n) is 27.5. The number of fused-ring (bicyclic) bond motifs is 8. The number of hydrogen-bond donors (Lipinski definition) is 2. The van der Waals surface area contributed by atoms with Crippen molar-refractivity contribution in [1.82, 2.24) is 19.9 Å². The number of aromatic nitrogens is 4. The molecule has 10 aromatic rings. The molecular formula is C73H65N4OP. The van der Waals surface area contributed by atoms with E-state index in [1.807, 2.05) is 0 Å². The molecule has 5 heterocycles. The molecular weight excluding hydrogens is 980 g/mol. The Bertz CT molecular complexity index is 4070. The van der Waals surface area contributed by atoms with Gasteiger partial charge in [0.05, 0.1) is 29.4 Å². The van der Waals surface area contributed by atoms with Crippen LogP contribution in [0.5, 0.6) is 5.75 Å². The predicted octanol–water partition coefficient (Wildman–Crippen LogP) is 18.3. The minimum atomic E-state index is -0.535. The van der Waals surface area contributed by atoms with Crippen molar-refractivity contribution in [2.24, 2.45) is 0 Å². The van der Waals surface area contributed by atoms with Gasteiger partial charge < -0.3 is 14.7 Å². The second kappa shape index (κ2) is 21.3. The molecule has 0 atom stereocenters. The SMILES string of the molecule is Cc1cc(C)c(-c2c3nc(c(-c4c(C)cc(C)cc4C)c4ccc([nH]4)c(-c4c(C)cc(C)cc4C)c4nc(c(-c5ccc(-c6ccc(OCCP(c7ccccc7)c7ccccc7)cc6)cc5)c5ccc2[nH]5)C=C4)C=C3)c(C)c1. The first kappa shape index (κ1) is 51.1. The van der Waals surface area contributed by atoms with E-state index in [2.05, 4.69) is 266 Å². The van der Waals surface area contributed by atoms with E-state index in [-0.39, 0.29) is 0 Å². The van der Waals surface area contributed by atoms with Crippen LogP contribution in [0.15, 0.2) is 170 Å². The van der Waals surface area contributed by atoms with Gasteiger partial charge >= 0.3 is 0 Å². The molecule has 0 amide bonds. The van der Waals surface area contributed by atoms with E-state index in [9.17, 15) is 0 Å². The van der Waals surface area contributed by atoms with Crippen LogP contribution in [-0.2, 0) is 0 Å². The maximum Gasteiger partial charge on any atom is 0.119 e. The summed E-state index contributed by atoms with van der Waals surface area (Å²) in [5.74, 6) is 0.872. The molecule has 3 aromatic heterocycles. The molecule has 0 spiro atoms. The van der Waals surface area contributed by atoms with Gasteiger partial charge in [-0.1, -0.05) is 150 Å². The fraction of sp³-hybridized carbons (Fsp3) is 0.151. The normalized spacial score (nSPS) is 12.0. The standard InChI is InChI=1S/C73H65N4OP/c1-44-38-47(4)67(48(5)39-44)71-61-30-28-59(74-61)70(55-22-20-53(21-23-55)54-24-26-56(27-25-54)78-36-37-79(57-16-12-10-13-17-57)58-18-14-11-15-19-58)60-29-31-62(75-60)72(68-49(6)40-45(2)41-50(68)7)64-33-35-66(77-64)73(65-34-32-63(71)76-65)69-51(8)42-46(3)43-52(69)9/h10-35,38-43,74,77H,36-37H2,1-9H3. The van der Waals surface area contributed by atoms with E-state index in [0.717, 1.165) is 95.7 Å². The summed E-state index contributed by atoms with van der Waals surface area (Å²) in [7, 11) is -0.535. The third-order valence-electron chi connectivity index (χ3n) is 15.6. The van der Waals surface area contributed by atoms with Crippen LogP contribution in [0.1, 0.15) is 72.8 Å². The lowest BCUT2D eigenvalue weighted by atomic mass is 9.92. The highest BCUT2D eigenvalue weighted by atomic mass is 31.1. The molecule has 0 aliphatic carbocycles. The van der Waals surface area contributed by atoms with Crippen LogP contribution in [0.3, 0.4) is 0 Å². The van der Waals surface area contributed by atoms with Gasteiger partial charge in [-0.3, -0.25) is 0 Å². The Morgan fingerprint density at radius 3 is 1.03 bits per heavy atom. The second-order valence-electron chi connectivity index (χ2n) is 21.6. The maximum atomic E-state index is 6.43. The molecule has 2 aliphatic heterocycles. The Morgan fingerprint density at radius 2 is 0.658 bits per heavy atom. The quantitative estimate of drug-likeness (QED) is 0.127. The zero-order valence-electron chi connectivity index (χ0n) is 46.6. The van der Waals surface area contributed by atoms with Crippen LogP contribution >= 0.6 is 7.92 Å². The summed E-state index contributed by atoms with van der Waals surface area (Å²) in [4.78, 5) is 19.4. The number of aryl methyl sites for hydroxylation is 9. The van der Waals surface area contributed by atoms with Crippen molar-refractivity contribution >= 4 is 64.9 Å². The van der Waals surface area contributed by atoms with Crippen LogP contribution < -0.4 is 15.3 Å². The van der Waals surface area contributed by atoms with Gasteiger partial charge in [-0.15, -0.1) is 0 Å². The van der Waals surface area contributed by atoms with Gasteiger partial charge in [-0.25, -0.2) is 9.97 Å². The zero-order chi connectivity index (χ0) is 54.5. The van der Waals surface area contributed by atoms with Gasteiger partial charge in [-0.05, 0) is 208 Å². The summed E-state index contributed by atoms with van der Waals surface area (Å²) in [5.41, 5.74) is 29.6. The minimum absolute atomic E-state index is 0.535. The third kappa shape index (κ3) is 10.0. The summed E-state index contributed by atoms with van der Waals surface area (Å²) in [6.45, 7) is 20.5. The number of ether oxygens (including phenoxy) is 1. The molecule has 388 valence electrons. The van der Waals surface area contributed by atoms with Crippen molar-refractivity contribution in [2.75, 3.05) is 12.8 Å². The van der Waals surface area contributed by atoms with Gasteiger partial charge in [0.2, 0.25) is 0 Å². The van der Waals surface area contributed by atoms with E-state index in [0.29, 0.717) is 6.61 Å². The van der Waals surface area contributed by atoms with Crippen molar-refractivity contribution in [3.8, 4) is 61.4 Å². The van der Waals surface area contributed by atoms with Crippen LogP contribution in [0.4, 0.5) is 0 Å². The van der Waals surface area contributed by atoms with Crippen LogP contribution in [0.2, 0.25) is 0 Å². The topological polar surface area (TPSA) is 66.6 Å². The van der Waals surface area contributed by atoms with Gasteiger partial charge in [0.25, 0.3) is 0 Å². The highest BCUT2D eigenvalue weighted by Crippen LogP contribution is 2.43. The van der Waals surface area contributed by atoms with Crippen molar-refractivity contribution in [3.05, 3.63) is 243 Å². The van der Waals surface area contributed by atoms with E-state index < -0.39 is 7.92 Å². The molecule has 0 fully saturated rings. The minimum Gasteiger partial charge on any atom is -0.493 e. The van der Waals surface area contributed by atoms with Crippen molar-refractivity contribution in [1.29, 1.82) is 0 Å². The molecule has 5 nitrogen and oxygen atoms in total. The molecule has 79 heavy (non-hydrogen) atoms. The summed E-state index contributed by atoms with van der Waals surface area (Å²) in [5, 5.41) is 2.73. The lowest BCUT2D eigenvalue weighted by Gasteiger charge is -2.19. The molecule has 2 aliphatic rings. The molecule has 6 heteroatoms. The molecule has 7 aromatic carbocycles. The van der Waals surface area contributed by atoms with E-state index >= 15 is 0 Å². The Morgan fingerprint density at radius 1 is 0.342 bits per heavy atom. The molecule has 0 radical (unpaired) electrons. The van der Waals surface area contributed by atoms with Crippen LogP contribution in [-0.4, -0.2) is 32.7 Å². The molecule has 2 N–H and O–H groups in total. The fourth-order valence-electron chi connectivity index (χ4n) is 12.5. The lowest BCUT2D eigenvalue weighted by Crippen LogP contribution is -2.17. The smallest absolute Gasteiger partial charge is 0.119 e. The molecule has 0 saturated carbocycles. The van der Waals surface area contributed by atoms with E-state index in [4.69, 9.17) is 14.7 Å². The monoisotopic (exact) mass is 1040 g/mol. The highest BCUT2D eigenvalue weighted by Gasteiger charge is 2.23. The lowest BCUT2D eigenvalue weighted by molar-refractivity contribution is 0.343. The summed E-state index contributed by atoms with van der Waals surface area (Å²) in [6.07, 6.45) is 9.76. The largest absolute Gasteiger partial charge is 0.493 e. The zero-order valence-corrected chi connectivity index (χ0v) is 47.5. The number of nitrogens with zero attached hydrogens (tertiary/aromatic N) is 2. The number of hydrogen-bond acceptors (Lipinski definition) is 3. The Hall–Kier alpha value is -8.63. The number of nitrogens with one attached hydrogen (secondary N) is 2. The van der Waals surface area contributed by atoms with Crippen LogP contribution in [0, 0.1) is 62.3 Å². The van der Waals surface area contributed by atoms with E-state index in [1.165, 1.54) is 77.4 Å². The summed E-state index contributed by atoms with van der Waals surface area (Å²) in [6, 6.07) is 61.8. The fourth-order valence-corrected chi connectivity index (χ4v) is 14.6. The van der Waals surface area contributed by atoms with Crippen molar-refractivity contribution in [3.63, 3.8) is 0 Å². The Labute approximate surface area is 466 Å². The summed E-state index contributed by atoms with van der Waals surface area (Å²) >= 11 is 0. The van der Waals surface area contributed by atoms with Crippen molar-refractivity contribution < 1.29 is 4.74 Å². The average Bonchev–Trinajstić information content (AvgIpc) is 4.47. The third-order valence-corrected chi connectivity index (χ3v) is 18.1. The highest BCUT2D eigenvalue weighted by molar-refractivity contribution is 7.73. The molecule has 12 rings (SSSR count). The Kier molecular flexibility index (Phi) is 13.8. The summed E-state index contributed by atoms with van der Waals surface area (Å²) < 4.78 is 6.43. The first-order chi connectivity index (χ1) is 38.3. The molecule has 0 unspecified atom stereocenters. The number of aromatic amines is 2. The van der Waals surface area contributed by atoms with Gasteiger partial charge in [0, 0.05) is 50.5 Å². The van der Waals surface area contributed by atoms with Crippen LogP contribution in [0.25, 0.3) is 102 Å². The molecule has 8 bridgehead atoms. The Balaban J connectivity index is 1.02. The number of benzene rings is 7. The van der Waals surface area contributed by atoms with E-state index in [1.54, 1.807) is 0 Å². The van der Waals surface area contributed by atoms with Gasteiger partial charge in [-0.2, -0.15) is 0 Å².